The number of fused-ring (bicyclic) bond motifs is 6. The van der Waals surface area contributed by atoms with Crippen LogP contribution in [0.4, 0.5) is 0 Å². The van der Waals surface area contributed by atoms with Gasteiger partial charge in [-0.2, -0.15) is 0 Å². The van der Waals surface area contributed by atoms with Gasteiger partial charge >= 0.3 is 0 Å². The van der Waals surface area contributed by atoms with Gasteiger partial charge in [-0.1, -0.05) is 164 Å². The number of rotatable bonds is 5. The van der Waals surface area contributed by atoms with Crippen molar-refractivity contribution in [2.45, 2.75) is 5.41 Å². The van der Waals surface area contributed by atoms with Gasteiger partial charge in [0.15, 0.2) is 17.5 Å². The van der Waals surface area contributed by atoms with Crippen molar-refractivity contribution in [3.05, 3.63) is 198 Å². The summed E-state index contributed by atoms with van der Waals surface area (Å²) in [6, 6.07) is 61.4. The van der Waals surface area contributed by atoms with Gasteiger partial charge in [-0.3, -0.25) is 0 Å². The van der Waals surface area contributed by atoms with Crippen LogP contribution in [0.25, 0.3) is 67.2 Å². The molecule has 10 rings (SSSR count). The molecule has 0 aliphatic heterocycles. The van der Waals surface area contributed by atoms with E-state index in [0.717, 1.165) is 44.2 Å². The maximum atomic E-state index is 6.99. The largest absolute Gasteiger partial charge is 0.456 e. The van der Waals surface area contributed by atoms with Crippen molar-refractivity contribution in [3.63, 3.8) is 0 Å². The summed E-state index contributed by atoms with van der Waals surface area (Å²) in [4.78, 5) is 14.8. The third-order valence-electron chi connectivity index (χ3n) is 10.0. The standard InChI is InChI=1S/C46H29N3O/c1-4-15-30(16-5-1)43-47-44(31-17-6-2-7-18-31)49-45(48-43)32-27-28-36-37-23-14-26-40(42(37)50-41(36)29-32)46(33-19-8-3-9-20-33)38-24-12-10-21-34(38)35-22-11-13-25-39(35)46/h1-29H. The summed E-state index contributed by atoms with van der Waals surface area (Å²) in [6.45, 7) is 0. The molecule has 0 N–H and O–H groups in total. The first-order valence-corrected chi connectivity index (χ1v) is 16.9. The molecule has 4 heteroatoms. The molecule has 1 aliphatic carbocycles. The molecule has 2 heterocycles. The van der Waals surface area contributed by atoms with Gasteiger partial charge in [-0.05, 0) is 39.9 Å². The zero-order valence-corrected chi connectivity index (χ0v) is 27.0. The van der Waals surface area contributed by atoms with Crippen LogP contribution in [0.15, 0.2) is 180 Å². The predicted octanol–water partition coefficient (Wildman–Crippen LogP) is 11.1. The summed E-state index contributed by atoms with van der Waals surface area (Å²) in [5.74, 6) is 1.86. The van der Waals surface area contributed by atoms with E-state index in [-0.39, 0.29) is 0 Å². The van der Waals surface area contributed by atoms with Crippen LogP contribution in [0, 0.1) is 0 Å². The summed E-state index contributed by atoms with van der Waals surface area (Å²) >= 11 is 0. The van der Waals surface area contributed by atoms with E-state index < -0.39 is 5.41 Å². The van der Waals surface area contributed by atoms with Gasteiger partial charge in [-0.25, -0.2) is 15.0 Å². The first-order chi connectivity index (χ1) is 24.8. The van der Waals surface area contributed by atoms with E-state index in [4.69, 9.17) is 19.4 Å². The minimum atomic E-state index is -0.561. The molecule has 0 radical (unpaired) electrons. The van der Waals surface area contributed by atoms with Crippen molar-refractivity contribution >= 4 is 21.9 Å². The lowest BCUT2D eigenvalue weighted by Gasteiger charge is -2.33. The molecule has 9 aromatic rings. The highest BCUT2D eigenvalue weighted by molar-refractivity contribution is 6.08. The van der Waals surface area contributed by atoms with Gasteiger partial charge < -0.3 is 4.42 Å². The Hall–Kier alpha value is -6.65. The molecule has 50 heavy (non-hydrogen) atoms. The Bertz CT molecular complexity index is 2600. The van der Waals surface area contributed by atoms with Crippen LogP contribution >= 0.6 is 0 Å². The van der Waals surface area contributed by atoms with Crippen LogP contribution in [0.3, 0.4) is 0 Å². The summed E-state index contributed by atoms with van der Waals surface area (Å²) in [5.41, 5.74) is 11.2. The zero-order valence-electron chi connectivity index (χ0n) is 27.0. The average Bonchev–Trinajstić information content (AvgIpc) is 3.72. The average molecular weight is 640 g/mol. The Morgan fingerprint density at radius 3 is 1.48 bits per heavy atom. The normalized spacial score (nSPS) is 13.0. The highest BCUT2D eigenvalue weighted by Gasteiger charge is 2.47. The number of para-hydroxylation sites is 1. The molecule has 2 aromatic heterocycles. The van der Waals surface area contributed by atoms with Crippen LogP contribution in [0.2, 0.25) is 0 Å². The lowest BCUT2D eigenvalue weighted by atomic mass is 9.67. The van der Waals surface area contributed by atoms with Crippen LogP contribution in [0.1, 0.15) is 22.3 Å². The maximum absolute atomic E-state index is 6.99. The van der Waals surface area contributed by atoms with E-state index in [9.17, 15) is 0 Å². The molecule has 1 aliphatic rings. The van der Waals surface area contributed by atoms with Crippen LogP contribution in [-0.4, -0.2) is 15.0 Å². The maximum Gasteiger partial charge on any atom is 0.164 e. The third-order valence-corrected chi connectivity index (χ3v) is 10.0. The monoisotopic (exact) mass is 639 g/mol. The topological polar surface area (TPSA) is 51.8 Å². The smallest absolute Gasteiger partial charge is 0.164 e. The Labute approximate surface area is 289 Å². The molecule has 0 spiro atoms. The van der Waals surface area contributed by atoms with Gasteiger partial charge in [0.05, 0.1) is 5.41 Å². The fourth-order valence-electron chi connectivity index (χ4n) is 7.85. The van der Waals surface area contributed by atoms with E-state index in [1.807, 2.05) is 60.7 Å². The molecular formula is C46H29N3O. The lowest BCUT2D eigenvalue weighted by molar-refractivity contribution is 0.648. The second-order valence-electron chi connectivity index (χ2n) is 12.7. The quantitative estimate of drug-likeness (QED) is 0.188. The number of aromatic nitrogens is 3. The molecule has 0 saturated heterocycles. The molecule has 0 amide bonds. The zero-order chi connectivity index (χ0) is 33.1. The number of benzene rings is 7. The fraction of sp³-hybridized carbons (Fsp3) is 0.0217. The molecule has 0 fully saturated rings. The van der Waals surface area contributed by atoms with Gasteiger partial charge in [0.1, 0.15) is 11.2 Å². The van der Waals surface area contributed by atoms with Crippen LogP contribution in [0.5, 0.6) is 0 Å². The second kappa shape index (κ2) is 11.2. The molecule has 7 aromatic carbocycles. The first kappa shape index (κ1) is 28.4. The molecule has 0 bridgehead atoms. The summed E-state index contributed by atoms with van der Waals surface area (Å²) in [7, 11) is 0. The Kier molecular flexibility index (Phi) is 6.36. The van der Waals surface area contributed by atoms with Crippen molar-refractivity contribution < 1.29 is 4.42 Å². The summed E-state index contributed by atoms with van der Waals surface area (Å²) in [5, 5.41) is 2.13. The Balaban J connectivity index is 1.21. The minimum absolute atomic E-state index is 0.561. The predicted molar refractivity (Wildman–Crippen MR) is 201 cm³/mol. The number of furan rings is 1. The third kappa shape index (κ3) is 4.22. The van der Waals surface area contributed by atoms with E-state index in [1.54, 1.807) is 0 Å². The van der Waals surface area contributed by atoms with Crippen LogP contribution < -0.4 is 0 Å². The molecule has 4 nitrogen and oxygen atoms in total. The van der Waals surface area contributed by atoms with E-state index >= 15 is 0 Å². The van der Waals surface area contributed by atoms with Gasteiger partial charge in [0.2, 0.25) is 0 Å². The highest BCUT2D eigenvalue weighted by atomic mass is 16.3. The van der Waals surface area contributed by atoms with Crippen molar-refractivity contribution in [3.8, 4) is 45.3 Å². The van der Waals surface area contributed by atoms with Crippen molar-refractivity contribution in [1.29, 1.82) is 0 Å². The summed E-state index contributed by atoms with van der Waals surface area (Å²) in [6.07, 6.45) is 0. The van der Waals surface area contributed by atoms with E-state index in [2.05, 4.69) is 115 Å². The Morgan fingerprint density at radius 1 is 0.380 bits per heavy atom. The van der Waals surface area contributed by atoms with Crippen molar-refractivity contribution in [2.24, 2.45) is 0 Å². The SMILES string of the molecule is c1ccc(-c2nc(-c3ccccc3)nc(-c3ccc4c(c3)oc3c(C5(c6ccccc6)c6ccccc6-c6ccccc65)cccc34)n2)cc1. The van der Waals surface area contributed by atoms with Gasteiger partial charge in [0, 0.05) is 33.0 Å². The van der Waals surface area contributed by atoms with Gasteiger partial charge in [0.25, 0.3) is 0 Å². The van der Waals surface area contributed by atoms with Gasteiger partial charge in [-0.15, -0.1) is 0 Å². The molecular weight excluding hydrogens is 611 g/mol. The molecule has 234 valence electrons. The highest BCUT2D eigenvalue weighted by Crippen LogP contribution is 2.57. The van der Waals surface area contributed by atoms with E-state index in [1.165, 1.54) is 27.8 Å². The Morgan fingerprint density at radius 2 is 0.880 bits per heavy atom. The van der Waals surface area contributed by atoms with Crippen molar-refractivity contribution in [2.75, 3.05) is 0 Å². The van der Waals surface area contributed by atoms with Crippen LogP contribution in [-0.2, 0) is 5.41 Å². The number of nitrogens with zero attached hydrogens (tertiary/aromatic N) is 3. The summed E-state index contributed by atoms with van der Waals surface area (Å²) < 4.78 is 6.99. The van der Waals surface area contributed by atoms with Crippen molar-refractivity contribution in [1.82, 2.24) is 15.0 Å². The molecule has 0 atom stereocenters. The molecule has 0 unspecified atom stereocenters. The number of hydrogen-bond donors (Lipinski definition) is 0. The fourth-order valence-corrected chi connectivity index (χ4v) is 7.85. The molecule has 0 saturated carbocycles. The first-order valence-electron chi connectivity index (χ1n) is 16.9. The van der Waals surface area contributed by atoms with E-state index in [0.29, 0.717) is 17.5 Å². The number of hydrogen-bond acceptors (Lipinski definition) is 4. The second-order valence-corrected chi connectivity index (χ2v) is 12.7. The minimum Gasteiger partial charge on any atom is -0.456 e. The lowest BCUT2D eigenvalue weighted by Crippen LogP contribution is -2.28.